The van der Waals surface area contributed by atoms with Crippen LogP contribution in [0.2, 0.25) is 0 Å². The van der Waals surface area contributed by atoms with Gasteiger partial charge < -0.3 is 5.73 Å². The van der Waals surface area contributed by atoms with Gasteiger partial charge in [-0.25, -0.2) is 9.38 Å². The monoisotopic (exact) mass is 214 g/mol. The predicted octanol–water partition coefficient (Wildman–Crippen LogP) is 3.48. The third-order valence-corrected chi connectivity index (χ3v) is 1.96. The molecule has 0 aromatic heterocycles. The second-order valence-electron chi connectivity index (χ2n) is 2.94. The number of nitrogens with zero attached hydrogens (tertiary/aromatic N) is 1. The van der Waals surface area contributed by atoms with Crippen LogP contribution in [-0.4, -0.2) is 5.17 Å². The average Bonchev–Trinajstić information content (AvgIpc) is 2.12. The van der Waals surface area contributed by atoms with Gasteiger partial charge in [-0.3, -0.25) is 0 Å². The molecular weight excluding hydrogens is 203 g/mol. The minimum Gasteiger partial charge on any atom is -0.397 e. The topological polar surface area (TPSA) is 38.4 Å². The fourth-order valence-corrected chi connectivity index (χ4v) is 1.29. The third-order valence-electron chi connectivity index (χ3n) is 1.69. The number of rotatable bonds is 3. The molecule has 14 heavy (non-hydrogen) atoms. The van der Waals surface area contributed by atoms with Crippen molar-refractivity contribution in [2.45, 2.75) is 19.8 Å². The molecule has 0 spiro atoms. The van der Waals surface area contributed by atoms with E-state index in [1.807, 2.05) is 6.92 Å². The maximum absolute atomic E-state index is 12.8. The first-order valence-corrected chi connectivity index (χ1v) is 4.79. The van der Waals surface area contributed by atoms with E-state index >= 15 is 0 Å². The molecule has 0 heterocycles. The van der Waals surface area contributed by atoms with Crippen molar-refractivity contribution in [3.05, 3.63) is 24.0 Å². The van der Waals surface area contributed by atoms with Gasteiger partial charge in [-0.05, 0) is 18.6 Å². The fraction of sp³-hybridized carbons (Fsp3) is 0.300. The Kier molecular flexibility index (Phi) is 3.89. The highest BCUT2D eigenvalue weighted by atomic mass is 35.5. The lowest BCUT2D eigenvalue weighted by molar-refractivity contribution is 0.628. The molecule has 0 unspecified atom stereocenters. The molecule has 4 heteroatoms. The van der Waals surface area contributed by atoms with E-state index in [0.717, 1.165) is 6.42 Å². The highest BCUT2D eigenvalue weighted by Gasteiger charge is 2.00. The van der Waals surface area contributed by atoms with Crippen LogP contribution in [0.25, 0.3) is 0 Å². The Hall–Kier alpha value is -1.09. The summed E-state index contributed by atoms with van der Waals surface area (Å²) < 4.78 is 12.8. The van der Waals surface area contributed by atoms with E-state index in [2.05, 4.69) is 4.99 Å². The van der Waals surface area contributed by atoms with E-state index in [4.69, 9.17) is 17.3 Å². The number of nitrogen functional groups attached to an aromatic ring is 1. The number of benzene rings is 1. The number of anilines is 1. The Labute approximate surface area is 87.6 Å². The van der Waals surface area contributed by atoms with Crippen LogP contribution in [0.15, 0.2) is 23.2 Å². The summed E-state index contributed by atoms with van der Waals surface area (Å²) in [7, 11) is 0. The first-order chi connectivity index (χ1) is 6.63. The summed E-state index contributed by atoms with van der Waals surface area (Å²) in [5, 5.41) is 0.449. The molecule has 1 aromatic carbocycles. The highest BCUT2D eigenvalue weighted by Crippen LogP contribution is 2.23. The second kappa shape index (κ2) is 4.96. The van der Waals surface area contributed by atoms with Gasteiger partial charge in [-0.1, -0.05) is 18.5 Å². The highest BCUT2D eigenvalue weighted by molar-refractivity contribution is 6.65. The maximum atomic E-state index is 12.8. The van der Waals surface area contributed by atoms with Crippen LogP contribution >= 0.6 is 11.6 Å². The summed E-state index contributed by atoms with van der Waals surface area (Å²) in [6.45, 7) is 1.99. The standard InChI is InChI=1S/C10H12ClFN2/c1-2-3-10(11)14-9-6-7(12)4-5-8(9)13/h4-6H,2-3,13H2,1H3/b14-10+. The Morgan fingerprint density at radius 2 is 2.29 bits per heavy atom. The Balaban J connectivity index is 2.95. The Morgan fingerprint density at radius 3 is 2.93 bits per heavy atom. The molecule has 0 saturated carbocycles. The number of hydrogen-bond donors (Lipinski definition) is 1. The molecule has 0 aliphatic carbocycles. The van der Waals surface area contributed by atoms with Crippen LogP contribution in [0.4, 0.5) is 15.8 Å². The normalized spacial score (nSPS) is 11.8. The smallest absolute Gasteiger partial charge is 0.125 e. The SMILES string of the molecule is CCC/C(Cl)=N\c1cc(F)ccc1N. The molecule has 2 N–H and O–H groups in total. The summed E-state index contributed by atoms with van der Waals surface area (Å²) in [6, 6.07) is 4.04. The van der Waals surface area contributed by atoms with E-state index in [9.17, 15) is 4.39 Å². The van der Waals surface area contributed by atoms with E-state index in [0.29, 0.717) is 23.0 Å². The van der Waals surface area contributed by atoms with Gasteiger partial charge in [0.1, 0.15) is 11.0 Å². The molecule has 2 nitrogen and oxygen atoms in total. The fourth-order valence-electron chi connectivity index (χ4n) is 1.01. The van der Waals surface area contributed by atoms with Crippen molar-refractivity contribution in [2.24, 2.45) is 4.99 Å². The van der Waals surface area contributed by atoms with Gasteiger partial charge in [-0.2, -0.15) is 0 Å². The van der Waals surface area contributed by atoms with Gasteiger partial charge in [0.05, 0.1) is 11.4 Å². The van der Waals surface area contributed by atoms with Crippen LogP contribution in [0.3, 0.4) is 0 Å². The summed E-state index contributed by atoms with van der Waals surface area (Å²) >= 11 is 5.81. The van der Waals surface area contributed by atoms with Crippen molar-refractivity contribution in [1.29, 1.82) is 0 Å². The van der Waals surface area contributed by atoms with E-state index < -0.39 is 0 Å². The molecule has 0 fully saturated rings. The van der Waals surface area contributed by atoms with Crippen LogP contribution < -0.4 is 5.73 Å². The van der Waals surface area contributed by atoms with Gasteiger partial charge in [0, 0.05) is 12.5 Å². The molecule has 0 radical (unpaired) electrons. The van der Waals surface area contributed by atoms with Crippen LogP contribution in [0, 0.1) is 5.82 Å². The van der Waals surface area contributed by atoms with E-state index in [1.54, 1.807) is 0 Å². The van der Waals surface area contributed by atoms with Crippen molar-refractivity contribution in [3.63, 3.8) is 0 Å². The Morgan fingerprint density at radius 1 is 1.57 bits per heavy atom. The second-order valence-corrected chi connectivity index (χ2v) is 3.38. The number of aliphatic imine (C=N–C) groups is 1. The summed E-state index contributed by atoms with van der Waals surface area (Å²) in [6.07, 6.45) is 1.58. The number of hydrogen-bond acceptors (Lipinski definition) is 2. The third kappa shape index (κ3) is 3.00. The zero-order valence-corrected chi connectivity index (χ0v) is 8.68. The van der Waals surface area contributed by atoms with Gasteiger partial charge in [-0.15, -0.1) is 0 Å². The summed E-state index contributed by atoms with van der Waals surface area (Å²) in [5.74, 6) is -0.362. The van der Waals surface area contributed by atoms with Crippen molar-refractivity contribution in [1.82, 2.24) is 0 Å². The van der Waals surface area contributed by atoms with Gasteiger partial charge >= 0.3 is 0 Å². The number of nitrogens with two attached hydrogens (primary N) is 1. The van der Waals surface area contributed by atoms with Gasteiger partial charge in [0.2, 0.25) is 0 Å². The van der Waals surface area contributed by atoms with Crippen molar-refractivity contribution in [3.8, 4) is 0 Å². The molecule has 0 atom stereocenters. The van der Waals surface area contributed by atoms with Crippen LogP contribution in [0.1, 0.15) is 19.8 Å². The molecule has 1 rings (SSSR count). The molecule has 0 aliphatic rings. The quantitative estimate of drug-likeness (QED) is 0.607. The zero-order valence-electron chi connectivity index (χ0n) is 7.93. The van der Waals surface area contributed by atoms with E-state index in [1.165, 1.54) is 18.2 Å². The predicted molar refractivity (Wildman–Crippen MR) is 58.7 cm³/mol. The molecule has 1 aromatic rings. The zero-order chi connectivity index (χ0) is 10.6. The van der Waals surface area contributed by atoms with Gasteiger partial charge in [0.25, 0.3) is 0 Å². The minimum atomic E-state index is -0.362. The molecular formula is C10H12ClFN2. The maximum Gasteiger partial charge on any atom is 0.125 e. The molecule has 0 amide bonds. The van der Waals surface area contributed by atoms with Gasteiger partial charge in [0.15, 0.2) is 0 Å². The summed E-state index contributed by atoms with van der Waals surface area (Å²) in [4.78, 5) is 4.03. The lowest BCUT2D eigenvalue weighted by Crippen LogP contribution is -1.89. The molecule has 0 saturated heterocycles. The minimum absolute atomic E-state index is 0.362. The largest absolute Gasteiger partial charge is 0.397 e. The van der Waals surface area contributed by atoms with E-state index in [-0.39, 0.29) is 5.82 Å². The molecule has 76 valence electrons. The van der Waals surface area contributed by atoms with Crippen molar-refractivity contribution < 1.29 is 4.39 Å². The van der Waals surface area contributed by atoms with Crippen molar-refractivity contribution >= 4 is 28.1 Å². The first kappa shape index (κ1) is 11.0. The van der Waals surface area contributed by atoms with Crippen LogP contribution in [0.5, 0.6) is 0 Å². The van der Waals surface area contributed by atoms with Crippen LogP contribution in [-0.2, 0) is 0 Å². The Bertz CT molecular complexity index is 350. The van der Waals surface area contributed by atoms with Crippen molar-refractivity contribution in [2.75, 3.05) is 5.73 Å². The molecule has 0 bridgehead atoms. The molecule has 0 aliphatic heterocycles. The first-order valence-electron chi connectivity index (χ1n) is 4.41. The lowest BCUT2D eigenvalue weighted by Gasteiger charge is -2.01. The average molecular weight is 215 g/mol. The lowest BCUT2D eigenvalue weighted by atomic mass is 10.2. The number of halogens is 2. The summed E-state index contributed by atoms with van der Waals surface area (Å²) in [5.41, 5.74) is 6.42.